The van der Waals surface area contributed by atoms with E-state index in [0.717, 1.165) is 5.57 Å². The smallest absolute Gasteiger partial charge is 0.0685 e. The normalized spacial score (nSPS) is 46.8. The fourth-order valence-electron chi connectivity index (χ4n) is 4.77. The fourth-order valence-corrected chi connectivity index (χ4v) is 4.77. The molecule has 0 aliphatic heterocycles. The Kier molecular flexibility index (Phi) is 2.66. The van der Waals surface area contributed by atoms with Crippen molar-refractivity contribution >= 4 is 0 Å². The molecule has 18 heavy (non-hydrogen) atoms. The molecule has 4 atom stereocenters. The van der Waals surface area contributed by atoms with Gasteiger partial charge in [0, 0.05) is 10.8 Å². The van der Waals surface area contributed by atoms with Crippen LogP contribution in [-0.4, -0.2) is 22.4 Å². The number of hydrogen-bond acceptors (Lipinski definition) is 2. The summed E-state index contributed by atoms with van der Waals surface area (Å²) in [4.78, 5) is 0. The van der Waals surface area contributed by atoms with Crippen molar-refractivity contribution < 1.29 is 10.2 Å². The summed E-state index contributed by atoms with van der Waals surface area (Å²) in [5.41, 5.74) is 0.0912. The summed E-state index contributed by atoms with van der Waals surface area (Å²) in [6, 6.07) is 0. The third-order valence-electron chi connectivity index (χ3n) is 5.98. The average Bonchev–Trinajstić information content (AvgIpc) is 2.17. The van der Waals surface area contributed by atoms with E-state index in [1.54, 1.807) is 0 Å². The van der Waals surface area contributed by atoms with Gasteiger partial charge in [0.25, 0.3) is 0 Å². The van der Waals surface area contributed by atoms with Gasteiger partial charge in [-0.15, -0.1) is 0 Å². The van der Waals surface area contributed by atoms with Crippen LogP contribution in [0.2, 0.25) is 0 Å². The van der Waals surface area contributed by atoms with Crippen LogP contribution in [0.1, 0.15) is 48.0 Å². The largest absolute Gasteiger partial charge is 0.395 e. The Bertz CT molecular complexity index is 386. The molecule has 3 aliphatic carbocycles. The quantitative estimate of drug-likeness (QED) is 0.704. The zero-order chi connectivity index (χ0) is 14.1. The highest BCUT2D eigenvalue weighted by Gasteiger charge is 2.72. The summed E-state index contributed by atoms with van der Waals surface area (Å²) in [6.07, 6.45) is 0.626. The summed E-state index contributed by atoms with van der Waals surface area (Å²) >= 11 is 0. The molecule has 104 valence electrons. The highest BCUT2D eigenvalue weighted by Crippen LogP contribution is 2.74. The van der Waals surface area contributed by atoms with Crippen molar-refractivity contribution in [1.29, 1.82) is 0 Å². The number of hydrogen-bond donors (Lipinski definition) is 2. The lowest BCUT2D eigenvalue weighted by Crippen LogP contribution is -2.72. The van der Waals surface area contributed by atoms with Crippen molar-refractivity contribution in [3.63, 3.8) is 0 Å². The highest BCUT2D eigenvalue weighted by molar-refractivity contribution is 5.38. The predicted molar refractivity (Wildman–Crippen MR) is 74.1 cm³/mol. The maximum absolute atomic E-state index is 10.7. The molecule has 0 aromatic carbocycles. The molecule has 3 aliphatic rings. The van der Waals surface area contributed by atoms with E-state index in [-0.39, 0.29) is 22.9 Å². The molecule has 2 N–H and O–H groups in total. The third-order valence-corrected chi connectivity index (χ3v) is 5.98. The van der Waals surface area contributed by atoms with E-state index >= 15 is 0 Å². The average molecular weight is 252 g/mol. The Balaban J connectivity index is 2.53. The van der Waals surface area contributed by atoms with E-state index in [0.29, 0.717) is 18.3 Å². The van der Waals surface area contributed by atoms with Crippen LogP contribution < -0.4 is 0 Å². The second-order valence-corrected chi connectivity index (χ2v) is 8.33. The second-order valence-electron chi connectivity index (χ2n) is 8.33. The number of fused-ring (bicyclic) bond motifs is 2. The van der Waals surface area contributed by atoms with Gasteiger partial charge in [-0.05, 0) is 30.6 Å². The Morgan fingerprint density at radius 2 is 1.78 bits per heavy atom. The van der Waals surface area contributed by atoms with Crippen molar-refractivity contribution in [2.75, 3.05) is 6.61 Å². The van der Waals surface area contributed by atoms with E-state index in [9.17, 15) is 10.2 Å². The number of rotatable bonds is 1. The lowest BCUT2D eigenvalue weighted by molar-refractivity contribution is -0.247. The molecule has 0 heterocycles. The molecular weight excluding hydrogens is 224 g/mol. The zero-order valence-electron chi connectivity index (χ0n) is 12.7. The van der Waals surface area contributed by atoms with Gasteiger partial charge in [-0.1, -0.05) is 46.8 Å². The van der Waals surface area contributed by atoms with Crippen molar-refractivity contribution in [3.05, 3.63) is 12.2 Å². The maximum atomic E-state index is 10.7. The standard InChI is InChI=1S/C16H28O2/c1-10-11-12(13(2,3)4)16(10,9-17)8-15(7,18)14(11,5)6/h11-12,17-18H,1,8-9H2,2-7H3/t11-,12-,15?,16-/m0/s1. The van der Waals surface area contributed by atoms with Gasteiger partial charge in [-0.3, -0.25) is 0 Å². The highest BCUT2D eigenvalue weighted by atomic mass is 16.3. The molecule has 0 saturated heterocycles. The van der Waals surface area contributed by atoms with Crippen LogP contribution in [-0.2, 0) is 0 Å². The molecule has 0 amide bonds. The van der Waals surface area contributed by atoms with Gasteiger partial charge in [0.15, 0.2) is 0 Å². The molecule has 0 aromatic heterocycles. The van der Waals surface area contributed by atoms with Crippen molar-refractivity contribution in [2.24, 2.45) is 28.1 Å². The molecule has 2 nitrogen and oxygen atoms in total. The van der Waals surface area contributed by atoms with Crippen LogP contribution in [0, 0.1) is 28.1 Å². The SMILES string of the molecule is C=C1[C@H]2[C@@H](C(C)(C)C)[C@]1(CO)CC(C)(O)C2(C)C. The third kappa shape index (κ3) is 1.36. The Hall–Kier alpha value is -0.340. The van der Waals surface area contributed by atoms with Crippen molar-refractivity contribution in [1.82, 2.24) is 0 Å². The summed E-state index contributed by atoms with van der Waals surface area (Å²) < 4.78 is 0. The first-order valence-corrected chi connectivity index (χ1v) is 6.94. The topological polar surface area (TPSA) is 40.5 Å². The molecule has 0 aromatic rings. The molecule has 0 radical (unpaired) electrons. The van der Waals surface area contributed by atoms with Gasteiger partial charge in [-0.2, -0.15) is 0 Å². The summed E-state index contributed by atoms with van der Waals surface area (Å²) in [6.45, 7) is 17.2. The number of aliphatic hydroxyl groups is 2. The summed E-state index contributed by atoms with van der Waals surface area (Å²) in [5, 5.41) is 20.7. The van der Waals surface area contributed by atoms with E-state index in [1.807, 2.05) is 6.92 Å². The zero-order valence-corrected chi connectivity index (χ0v) is 12.7. The molecular formula is C16H28O2. The predicted octanol–water partition coefficient (Wildman–Crippen LogP) is 2.99. The summed E-state index contributed by atoms with van der Waals surface area (Å²) in [7, 11) is 0. The first kappa shape index (κ1) is 14.1. The molecule has 0 spiro atoms. The minimum absolute atomic E-state index is 0.108. The molecule has 2 bridgehead atoms. The van der Waals surface area contributed by atoms with Gasteiger partial charge in [0.1, 0.15) is 0 Å². The van der Waals surface area contributed by atoms with Crippen LogP contribution in [0.3, 0.4) is 0 Å². The van der Waals surface area contributed by atoms with E-state index in [2.05, 4.69) is 41.2 Å². The lowest BCUT2D eigenvalue weighted by Gasteiger charge is -2.74. The van der Waals surface area contributed by atoms with Gasteiger partial charge >= 0.3 is 0 Å². The molecule has 3 rings (SSSR count). The lowest BCUT2D eigenvalue weighted by atomic mass is 9.31. The first-order chi connectivity index (χ1) is 7.92. The first-order valence-electron chi connectivity index (χ1n) is 6.94. The second kappa shape index (κ2) is 3.40. The van der Waals surface area contributed by atoms with E-state index < -0.39 is 5.60 Å². The number of aliphatic hydroxyl groups excluding tert-OH is 1. The van der Waals surface area contributed by atoms with Crippen molar-refractivity contribution in [2.45, 2.75) is 53.6 Å². The molecule has 3 fully saturated rings. The van der Waals surface area contributed by atoms with Crippen LogP contribution in [0.4, 0.5) is 0 Å². The van der Waals surface area contributed by atoms with Crippen molar-refractivity contribution in [3.8, 4) is 0 Å². The van der Waals surface area contributed by atoms with Gasteiger partial charge in [-0.25, -0.2) is 0 Å². The van der Waals surface area contributed by atoms with Crippen LogP contribution in [0.5, 0.6) is 0 Å². The fraction of sp³-hybridized carbons (Fsp3) is 0.875. The van der Waals surface area contributed by atoms with E-state index in [4.69, 9.17) is 0 Å². The van der Waals surface area contributed by atoms with Gasteiger partial charge in [0.05, 0.1) is 12.2 Å². The molecule has 2 heteroatoms. The van der Waals surface area contributed by atoms with Crippen LogP contribution in [0.15, 0.2) is 12.2 Å². The van der Waals surface area contributed by atoms with Gasteiger partial charge < -0.3 is 10.2 Å². The van der Waals surface area contributed by atoms with E-state index in [1.165, 1.54) is 0 Å². The molecule has 1 unspecified atom stereocenters. The van der Waals surface area contributed by atoms with Gasteiger partial charge in [0.2, 0.25) is 0 Å². The molecule has 3 saturated carbocycles. The minimum atomic E-state index is -0.733. The summed E-state index contributed by atoms with van der Waals surface area (Å²) in [5.74, 6) is 0.700. The Labute approximate surface area is 111 Å². The monoisotopic (exact) mass is 252 g/mol. The maximum Gasteiger partial charge on any atom is 0.0685 e. The Morgan fingerprint density at radius 1 is 1.28 bits per heavy atom. The van der Waals surface area contributed by atoms with Crippen LogP contribution >= 0.6 is 0 Å². The minimum Gasteiger partial charge on any atom is -0.395 e. The van der Waals surface area contributed by atoms with Crippen LogP contribution in [0.25, 0.3) is 0 Å². The Morgan fingerprint density at radius 3 is 2.17 bits per heavy atom.